The monoisotopic (exact) mass is 133 g/mol. The predicted octanol–water partition coefficient (Wildman–Crippen LogP) is 1.15. The molecule has 0 saturated heterocycles. The SMILES string of the molecule is C1=CC(c2ncco2)=C[N]1. The van der Waals surface area contributed by atoms with Gasteiger partial charge in [0.25, 0.3) is 0 Å². The van der Waals surface area contributed by atoms with Gasteiger partial charge < -0.3 is 4.42 Å². The number of rotatable bonds is 1. The van der Waals surface area contributed by atoms with Crippen LogP contribution in [0.3, 0.4) is 0 Å². The summed E-state index contributed by atoms with van der Waals surface area (Å²) in [6.45, 7) is 0. The average molecular weight is 133 g/mol. The lowest BCUT2D eigenvalue weighted by molar-refractivity contribution is 0.543. The van der Waals surface area contributed by atoms with Crippen LogP contribution in [0.25, 0.3) is 5.57 Å². The van der Waals surface area contributed by atoms with E-state index in [4.69, 9.17) is 4.42 Å². The van der Waals surface area contributed by atoms with Crippen molar-refractivity contribution in [2.45, 2.75) is 0 Å². The highest BCUT2D eigenvalue weighted by atomic mass is 16.3. The molecule has 0 fully saturated rings. The lowest BCUT2D eigenvalue weighted by atomic mass is 10.3. The molecule has 1 aliphatic rings. The highest BCUT2D eigenvalue weighted by Crippen LogP contribution is 2.15. The molecule has 0 amide bonds. The van der Waals surface area contributed by atoms with Crippen LogP contribution in [0.15, 0.2) is 35.4 Å². The molecule has 49 valence electrons. The Kier molecular flexibility index (Phi) is 1.07. The van der Waals surface area contributed by atoms with Crippen molar-refractivity contribution in [3.05, 3.63) is 36.8 Å². The van der Waals surface area contributed by atoms with Crippen molar-refractivity contribution in [3.63, 3.8) is 0 Å². The third kappa shape index (κ3) is 0.719. The minimum Gasteiger partial charge on any atom is -0.444 e. The van der Waals surface area contributed by atoms with E-state index in [2.05, 4.69) is 10.3 Å². The van der Waals surface area contributed by atoms with Crippen LogP contribution in [0.1, 0.15) is 5.89 Å². The first-order valence-electron chi connectivity index (χ1n) is 2.93. The minimum atomic E-state index is 0.623. The fourth-order valence-corrected chi connectivity index (χ4v) is 0.782. The summed E-state index contributed by atoms with van der Waals surface area (Å²) in [4.78, 5) is 3.95. The second kappa shape index (κ2) is 2.02. The summed E-state index contributed by atoms with van der Waals surface area (Å²) in [5.74, 6) is 0.623. The lowest BCUT2D eigenvalue weighted by Gasteiger charge is -1.85. The molecule has 0 aliphatic carbocycles. The summed E-state index contributed by atoms with van der Waals surface area (Å²) in [5.41, 5.74) is 0.921. The molecular formula is C7H5N2O. The Bertz CT molecular complexity index is 272. The van der Waals surface area contributed by atoms with E-state index in [9.17, 15) is 0 Å². The van der Waals surface area contributed by atoms with E-state index in [1.165, 1.54) is 0 Å². The molecule has 0 aromatic carbocycles. The van der Waals surface area contributed by atoms with Crippen molar-refractivity contribution in [2.75, 3.05) is 0 Å². The Balaban J connectivity index is 2.36. The smallest absolute Gasteiger partial charge is 0.227 e. The second-order valence-corrected chi connectivity index (χ2v) is 1.89. The van der Waals surface area contributed by atoms with Gasteiger partial charge in [-0.15, -0.1) is 0 Å². The molecule has 3 nitrogen and oxygen atoms in total. The van der Waals surface area contributed by atoms with Gasteiger partial charge in [0.2, 0.25) is 5.89 Å². The molecule has 0 bridgehead atoms. The van der Waals surface area contributed by atoms with Crippen LogP contribution >= 0.6 is 0 Å². The normalized spacial score (nSPS) is 15.0. The molecule has 1 radical (unpaired) electrons. The van der Waals surface area contributed by atoms with Crippen LogP contribution in [0.4, 0.5) is 0 Å². The highest BCUT2D eigenvalue weighted by molar-refractivity contribution is 5.70. The zero-order valence-electron chi connectivity index (χ0n) is 5.19. The summed E-state index contributed by atoms with van der Waals surface area (Å²) in [7, 11) is 0. The molecule has 3 heteroatoms. The number of nitrogens with zero attached hydrogens (tertiary/aromatic N) is 2. The van der Waals surface area contributed by atoms with E-state index in [1.54, 1.807) is 24.9 Å². The summed E-state index contributed by atoms with van der Waals surface area (Å²) in [6.07, 6.45) is 8.43. The van der Waals surface area contributed by atoms with Crippen molar-refractivity contribution < 1.29 is 4.42 Å². The van der Waals surface area contributed by atoms with Crippen LogP contribution < -0.4 is 5.32 Å². The molecule has 2 rings (SSSR count). The van der Waals surface area contributed by atoms with Gasteiger partial charge in [-0.2, -0.15) is 0 Å². The van der Waals surface area contributed by atoms with E-state index in [1.807, 2.05) is 6.08 Å². The largest absolute Gasteiger partial charge is 0.444 e. The zero-order valence-corrected chi connectivity index (χ0v) is 5.19. The number of hydrogen-bond acceptors (Lipinski definition) is 2. The average Bonchev–Trinajstić information content (AvgIpc) is 2.59. The molecule has 0 spiro atoms. The molecule has 2 heterocycles. The molecule has 0 N–H and O–H groups in total. The summed E-state index contributed by atoms with van der Waals surface area (Å²) >= 11 is 0. The van der Waals surface area contributed by atoms with Crippen molar-refractivity contribution in [1.82, 2.24) is 10.3 Å². The van der Waals surface area contributed by atoms with E-state index in [0.717, 1.165) is 5.57 Å². The van der Waals surface area contributed by atoms with Gasteiger partial charge in [0.05, 0.1) is 11.8 Å². The fourth-order valence-electron chi connectivity index (χ4n) is 0.782. The van der Waals surface area contributed by atoms with Gasteiger partial charge in [0, 0.05) is 12.4 Å². The van der Waals surface area contributed by atoms with Gasteiger partial charge in [-0.25, -0.2) is 4.98 Å². The van der Waals surface area contributed by atoms with Gasteiger partial charge in [0.1, 0.15) is 6.26 Å². The summed E-state index contributed by atoms with van der Waals surface area (Å²) in [6, 6.07) is 0. The fraction of sp³-hybridized carbons (Fsp3) is 0. The van der Waals surface area contributed by atoms with Crippen LogP contribution in [0, 0.1) is 0 Å². The van der Waals surface area contributed by atoms with Crippen molar-refractivity contribution >= 4 is 5.57 Å². The van der Waals surface area contributed by atoms with E-state index in [0.29, 0.717) is 5.89 Å². The predicted molar refractivity (Wildman–Crippen MR) is 35.8 cm³/mol. The first kappa shape index (κ1) is 5.29. The van der Waals surface area contributed by atoms with Gasteiger partial charge >= 0.3 is 0 Å². The standard InChI is InChI=1S/C7H5N2O/c1-2-8-5-6(1)7-9-3-4-10-7/h1-5H. The quantitative estimate of drug-likeness (QED) is 0.576. The molecule has 1 aliphatic heterocycles. The lowest BCUT2D eigenvalue weighted by Crippen LogP contribution is -1.77. The number of aromatic nitrogens is 1. The third-order valence-corrected chi connectivity index (χ3v) is 1.23. The molecule has 10 heavy (non-hydrogen) atoms. The van der Waals surface area contributed by atoms with E-state index >= 15 is 0 Å². The first-order chi connectivity index (χ1) is 4.97. The Hall–Kier alpha value is -1.51. The van der Waals surface area contributed by atoms with Crippen molar-refractivity contribution in [1.29, 1.82) is 0 Å². The van der Waals surface area contributed by atoms with Crippen LogP contribution in [-0.4, -0.2) is 4.98 Å². The number of hydrogen-bond donors (Lipinski definition) is 0. The summed E-state index contributed by atoms with van der Waals surface area (Å²) in [5, 5.41) is 3.88. The molecular weight excluding hydrogens is 128 g/mol. The van der Waals surface area contributed by atoms with Gasteiger partial charge in [-0.3, -0.25) is 5.32 Å². The molecule has 0 unspecified atom stereocenters. The Morgan fingerprint density at radius 1 is 1.40 bits per heavy atom. The first-order valence-corrected chi connectivity index (χ1v) is 2.93. The maximum Gasteiger partial charge on any atom is 0.227 e. The van der Waals surface area contributed by atoms with Crippen LogP contribution in [0.2, 0.25) is 0 Å². The topological polar surface area (TPSA) is 40.1 Å². The maximum atomic E-state index is 5.03. The highest BCUT2D eigenvalue weighted by Gasteiger charge is 2.04. The minimum absolute atomic E-state index is 0.623. The van der Waals surface area contributed by atoms with E-state index < -0.39 is 0 Å². The van der Waals surface area contributed by atoms with Gasteiger partial charge in [0.15, 0.2) is 0 Å². The van der Waals surface area contributed by atoms with Crippen molar-refractivity contribution in [3.8, 4) is 0 Å². The van der Waals surface area contributed by atoms with Crippen LogP contribution in [0.5, 0.6) is 0 Å². The van der Waals surface area contributed by atoms with Gasteiger partial charge in [-0.05, 0) is 6.08 Å². The maximum absolute atomic E-state index is 5.03. The Morgan fingerprint density at radius 3 is 3.00 bits per heavy atom. The Labute approximate surface area is 58.1 Å². The third-order valence-electron chi connectivity index (χ3n) is 1.23. The zero-order chi connectivity index (χ0) is 6.81. The molecule has 0 atom stereocenters. The number of oxazole rings is 1. The molecule has 1 aromatic heterocycles. The van der Waals surface area contributed by atoms with Crippen molar-refractivity contribution in [2.24, 2.45) is 0 Å². The Morgan fingerprint density at radius 2 is 2.40 bits per heavy atom. The van der Waals surface area contributed by atoms with E-state index in [-0.39, 0.29) is 0 Å². The summed E-state index contributed by atoms with van der Waals surface area (Å²) < 4.78 is 5.03. The van der Waals surface area contributed by atoms with Crippen LogP contribution in [-0.2, 0) is 0 Å². The molecule has 0 saturated carbocycles. The molecule has 1 aromatic rings. The van der Waals surface area contributed by atoms with Gasteiger partial charge in [-0.1, -0.05) is 0 Å². The second-order valence-electron chi connectivity index (χ2n) is 1.89. The number of allylic oxidation sites excluding steroid dienone is 2.